The van der Waals surface area contributed by atoms with Gasteiger partial charge in [-0.3, -0.25) is 4.31 Å². The number of nitrogens with zero attached hydrogens (tertiary/aromatic N) is 2. The molecule has 0 aliphatic rings. The van der Waals surface area contributed by atoms with Gasteiger partial charge in [-0.1, -0.05) is 36.4 Å². The Balaban J connectivity index is 1.52. The lowest BCUT2D eigenvalue weighted by Gasteiger charge is -2.27. The number of hydrogen-bond acceptors (Lipinski definition) is 4. The van der Waals surface area contributed by atoms with Gasteiger partial charge in [-0.25, -0.2) is 12.8 Å². The summed E-state index contributed by atoms with van der Waals surface area (Å²) in [4.78, 5) is -0.0659. The van der Waals surface area contributed by atoms with Crippen LogP contribution in [0.15, 0.2) is 102 Å². The molecule has 5 rings (SSSR count). The number of fused-ring (bicyclic) bond motifs is 3. The Bertz CT molecular complexity index is 1560. The Hall–Kier alpha value is -3.88. The Morgan fingerprint density at radius 2 is 1.42 bits per heavy atom. The number of para-hydroxylation sites is 2. The van der Waals surface area contributed by atoms with E-state index < -0.39 is 21.9 Å². The molecular formula is C28H25FN2O4S. The Morgan fingerprint density at radius 3 is 1.97 bits per heavy atom. The first-order valence-electron chi connectivity index (χ1n) is 11.4. The van der Waals surface area contributed by atoms with Gasteiger partial charge in [0, 0.05) is 21.8 Å². The Kier molecular flexibility index (Phi) is 6.38. The topological polar surface area (TPSA) is 71.8 Å². The minimum atomic E-state index is -4.09. The molecule has 6 nitrogen and oxygen atoms in total. The smallest absolute Gasteiger partial charge is 0.264 e. The molecule has 0 saturated carbocycles. The monoisotopic (exact) mass is 504 g/mol. The van der Waals surface area contributed by atoms with Crippen molar-refractivity contribution in [1.29, 1.82) is 0 Å². The van der Waals surface area contributed by atoms with Crippen molar-refractivity contribution in [2.45, 2.75) is 17.5 Å². The summed E-state index contributed by atoms with van der Waals surface area (Å²) in [6, 6.07) is 27.0. The van der Waals surface area contributed by atoms with Crippen molar-refractivity contribution in [3.05, 3.63) is 103 Å². The van der Waals surface area contributed by atoms with Crippen LogP contribution in [0.1, 0.15) is 0 Å². The second kappa shape index (κ2) is 9.64. The highest BCUT2D eigenvalue weighted by atomic mass is 32.2. The maximum atomic E-state index is 13.6. The number of sulfonamides is 1. The zero-order chi connectivity index (χ0) is 25.3. The van der Waals surface area contributed by atoms with Crippen LogP contribution in [-0.2, 0) is 16.6 Å². The van der Waals surface area contributed by atoms with E-state index in [2.05, 4.69) is 0 Å². The first-order valence-corrected chi connectivity index (χ1v) is 12.9. The number of halogens is 1. The fraction of sp³-hybridized carbons (Fsp3) is 0.143. The van der Waals surface area contributed by atoms with Gasteiger partial charge in [-0.05, 0) is 60.7 Å². The molecule has 1 heterocycles. The van der Waals surface area contributed by atoms with Gasteiger partial charge in [-0.15, -0.1) is 0 Å². The Morgan fingerprint density at radius 1 is 0.861 bits per heavy atom. The van der Waals surface area contributed by atoms with Crippen LogP contribution in [0.3, 0.4) is 0 Å². The van der Waals surface area contributed by atoms with E-state index in [9.17, 15) is 17.9 Å². The second-order valence-corrected chi connectivity index (χ2v) is 10.3. The number of anilines is 1. The van der Waals surface area contributed by atoms with E-state index in [1.54, 1.807) is 24.3 Å². The van der Waals surface area contributed by atoms with E-state index in [1.165, 1.54) is 19.2 Å². The zero-order valence-corrected chi connectivity index (χ0v) is 20.4. The summed E-state index contributed by atoms with van der Waals surface area (Å²) in [5.74, 6) is 0.0417. The van der Waals surface area contributed by atoms with Crippen molar-refractivity contribution >= 4 is 37.5 Å². The third kappa shape index (κ3) is 4.41. The number of methoxy groups -OCH3 is 1. The zero-order valence-electron chi connectivity index (χ0n) is 19.6. The third-order valence-electron chi connectivity index (χ3n) is 6.21. The van der Waals surface area contributed by atoms with E-state index in [0.717, 1.165) is 38.2 Å². The minimum absolute atomic E-state index is 0.0659. The number of aromatic nitrogens is 1. The summed E-state index contributed by atoms with van der Waals surface area (Å²) in [6.07, 6.45) is -1.04. The van der Waals surface area contributed by atoms with Crippen LogP contribution in [-0.4, -0.2) is 37.8 Å². The first-order chi connectivity index (χ1) is 17.4. The van der Waals surface area contributed by atoms with Crippen LogP contribution in [0.2, 0.25) is 0 Å². The van der Waals surface area contributed by atoms with E-state index in [1.807, 2.05) is 53.1 Å². The van der Waals surface area contributed by atoms with Gasteiger partial charge in [0.1, 0.15) is 11.6 Å². The minimum Gasteiger partial charge on any atom is -0.497 e. The van der Waals surface area contributed by atoms with Crippen molar-refractivity contribution in [3.8, 4) is 5.75 Å². The van der Waals surface area contributed by atoms with Crippen LogP contribution in [0, 0.1) is 5.82 Å². The molecule has 5 aromatic rings. The number of aliphatic hydroxyl groups is 1. The molecule has 1 atom stereocenters. The SMILES string of the molecule is COc1ccc(N(C[C@@H](O)Cn2c3ccccc3c3ccccc32)S(=O)(=O)c2ccc(F)cc2)cc1. The highest BCUT2D eigenvalue weighted by Gasteiger charge is 2.28. The fourth-order valence-electron chi connectivity index (χ4n) is 4.48. The van der Waals surface area contributed by atoms with Gasteiger partial charge >= 0.3 is 0 Å². The van der Waals surface area contributed by atoms with Gasteiger partial charge in [0.05, 0.1) is 36.9 Å². The number of ether oxygens (including phenoxy) is 1. The third-order valence-corrected chi connectivity index (χ3v) is 8.02. The molecule has 184 valence electrons. The van der Waals surface area contributed by atoms with Crippen LogP contribution in [0.5, 0.6) is 5.75 Å². The summed E-state index contributed by atoms with van der Waals surface area (Å²) in [5.41, 5.74) is 2.27. The summed E-state index contributed by atoms with van der Waals surface area (Å²) in [7, 11) is -2.57. The quantitative estimate of drug-likeness (QED) is 0.315. The second-order valence-electron chi connectivity index (χ2n) is 8.49. The molecule has 0 bridgehead atoms. The van der Waals surface area contributed by atoms with Crippen molar-refractivity contribution in [3.63, 3.8) is 0 Å². The molecule has 0 aliphatic heterocycles. The van der Waals surface area contributed by atoms with Crippen LogP contribution in [0.25, 0.3) is 21.8 Å². The molecule has 0 unspecified atom stereocenters. The van der Waals surface area contributed by atoms with Gasteiger partial charge < -0.3 is 14.4 Å². The lowest BCUT2D eigenvalue weighted by atomic mass is 10.2. The van der Waals surface area contributed by atoms with Gasteiger partial charge in [0.15, 0.2) is 0 Å². The molecule has 0 spiro atoms. The first kappa shape index (κ1) is 23.8. The van der Waals surface area contributed by atoms with Gasteiger partial charge in [0.25, 0.3) is 10.0 Å². The average Bonchev–Trinajstić information content (AvgIpc) is 3.21. The summed E-state index contributed by atoms with van der Waals surface area (Å²) in [5, 5.41) is 13.3. The molecular weight excluding hydrogens is 479 g/mol. The van der Waals surface area contributed by atoms with Gasteiger partial charge in [-0.2, -0.15) is 0 Å². The van der Waals surface area contributed by atoms with Crippen LogP contribution < -0.4 is 9.04 Å². The van der Waals surface area contributed by atoms with E-state index in [4.69, 9.17) is 4.74 Å². The highest BCUT2D eigenvalue weighted by molar-refractivity contribution is 7.92. The van der Waals surface area contributed by atoms with Crippen molar-refractivity contribution in [2.75, 3.05) is 18.0 Å². The molecule has 0 radical (unpaired) electrons. The highest BCUT2D eigenvalue weighted by Crippen LogP contribution is 2.30. The summed E-state index contributed by atoms with van der Waals surface area (Å²) in [6.45, 7) is -0.0213. The molecule has 0 fully saturated rings. The molecule has 4 aromatic carbocycles. The molecule has 0 amide bonds. The Labute approximate surface area is 208 Å². The lowest BCUT2D eigenvalue weighted by Crippen LogP contribution is -2.39. The molecule has 0 aliphatic carbocycles. The maximum Gasteiger partial charge on any atom is 0.264 e. The molecule has 8 heteroatoms. The fourth-order valence-corrected chi connectivity index (χ4v) is 5.99. The predicted octanol–water partition coefficient (Wildman–Crippen LogP) is 5.20. The number of benzene rings is 4. The standard InChI is InChI=1S/C28H25FN2O4S/c1-35-23-14-12-21(13-15-23)31(36(33,34)24-16-10-20(29)11-17-24)19-22(32)18-30-27-8-4-2-6-25(27)26-7-3-5-9-28(26)30/h2-17,22,32H,18-19H2,1H3/t22-/m0/s1. The number of aliphatic hydroxyl groups excluding tert-OH is 1. The molecule has 36 heavy (non-hydrogen) atoms. The van der Waals surface area contributed by atoms with Crippen molar-refractivity contribution in [2.24, 2.45) is 0 Å². The van der Waals surface area contributed by atoms with Gasteiger partial charge in [0.2, 0.25) is 0 Å². The van der Waals surface area contributed by atoms with Crippen molar-refractivity contribution in [1.82, 2.24) is 4.57 Å². The van der Waals surface area contributed by atoms with E-state index >= 15 is 0 Å². The number of rotatable bonds is 8. The molecule has 1 aromatic heterocycles. The lowest BCUT2D eigenvalue weighted by molar-refractivity contribution is 0.166. The van der Waals surface area contributed by atoms with Crippen molar-refractivity contribution < 1.29 is 22.7 Å². The summed E-state index contributed by atoms with van der Waals surface area (Å²) < 4.78 is 49.1. The summed E-state index contributed by atoms with van der Waals surface area (Å²) >= 11 is 0. The molecule has 1 N–H and O–H groups in total. The number of hydrogen-bond donors (Lipinski definition) is 1. The van der Waals surface area contributed by atoms with Crippen LogP contribution >= 0.6 is 0 Å². The van der Waals surface area contributed by atoms with Crippen LogP contribution in [0.4, 0.5) is 10.1 Å². The predicted molar refractivity (Wildman–Crippen MR) is 139 cm³/mol. The largest absolute Gasteiger partial charge is 0.497 e. The van der Waals surface area contributed by atoms with E-state index in [-0.39, 0.29) is 18.0 Å². The van der Waals surface area contributed by atoms with E-state index in [0.29, 0.717) is 11.4 Å². The molecule has 0 saturated heterocycles. The normalized spacial score (nSPS) is 12.6. The average molecular weight is 505 g/mol. The maximum absolute atomic E-state index is 13.6.